The zero-order valence-corrected chi connectivity index (χ0v) is 33.3. The van der Waals surface area contributed by atoms with E-state index in [2.05, 4.69) is 16.2 Å². The lowest BCUT2D eigenvalue weighted by atomic mass is 10.0. The highest BCUT2D eigenvalue weighted by molar-refractivity contribution is 5.94. The van der Waals surface area contributed by atoms with Crippen LogP contribution in [0.15, 0.2) is 84.9 Å². The average Bonchev–Trinajstić information content (AvgIpc) is 3.63. The first kappa shape index (κ1) is 43.7. The fraction of sp³-hybridized carbons (Fsp3) is 0.452. The lowest BCUT2D eigenvalue weighted by Gasteiger charge is -2.28. The molecule has 312 valence electrons. The Labute approximate surface area is 338 Å². The van der Waals surface area contributed by atoms with E-state index in [0.717, 1.165) is 30.4 Å². The van der Waals surface area contributed by atoms with Crippen LogP contribution >= 0.6 is 0 Å². The van der Waals surface area contributed by atoms with Crippen molar-refractivity contribution in [2.24, 2.45) is 5.90 Å². The zero-order chi connectivity index (χ0) is 41.4. The van der Waals surface area contributed by atoms with Gasteiger partial charge in [0.15, 0.2) is 5.78 Å². The van der Waals surface area contributed by atoms with Gasteiger partial charge in [0.25, 0.3) is 5.91 Å². The third-order valence-corrected chi connectivity index (χ3v) is 9.93. The molecule has 58 heavy (non-hydrogen) atoms. The van der Waals surface area contributed by atoms with Crippen LogP contribution in [0.4, 0.5) is 9.59 Å². The molecule has 4 aliphatic heterocycles. The maximum atomic E-state index is 12.8. The molecule has 3 aromatic carbocycles. The maximum absolute atomic E-state index is 12.8. The van der Waals surface area contributed by atoms with E-state index in [1.165, 1.54) is 22.0 Å². The van der Waals surface area contributed by atoms with Gasteiger partial charge in [-0.3, -0.25) is 24.1 Å². The van der Waals surface area contributed by atoms with Crippen LogP contribution in [0.2, 0.25) is 0 Å². The minimum atomic E-state index is -0.642. The van der Waals surface area contributed by atoms with Crippen molar-refractivity contribution in [3.63, 3.8) is 0 Å². The number of ketones is 1. The topological polar surface area (TPSA) is 183 Å². The van der Waals surface area contributed by atoms with Crippen molar-refractivity contribution in [2.45, 2.75) is 96.7 Å². The number of rotatable bonds is 15. The third-order valence-electron chi connectivity index (χ3n) is 9.93. The Bertz CT molecular complexity index is 1800. The number of hydrogen-bond acceptors (Lipinski definition) is 11. The van der Waals surface area contributed by atoms with Gasteiger partial charge in [0, 0.05) is 18.7 Å². The number of carbonyl (C=O) groups is 5. The van der Waals surface area contributed by atoms with Crippen molar-refractivity contribution in [3.8, 4) is 5.75 Å². The number of amides is 5. The van der Waals surface area contributed by atoms with Crippen LogP contribution in [0.3, 0.4) is 0 Å². The number of carbonyl (C=O) groups excluding carboxylic acids is 5. The highest BCUT2D eigenvalue weighted by atomic mass is 16.7. The molecule has 0 unspecified atom stereocenters. The van der Waals surface area contributed by atoms with Gasteiger partial charge in [-0.2, -0.15) is 10.1 Å². The Morgan fingerprint density at radius 3 is 1.66 bits per heavy atom. The normalized spacial score (nSPS) is 20.5. The number of nitrogens with one attached hydrogen (secondary N) is 1. The number of Topliss-reactive ketones (excluding diaryl/α,β-unsaturated/α-hetero) is 1. The molecule has 3 aromatic rings. The first-order chi connectivity index (χ1) is 28.1. The molecule has 16 heteroatoms. The fourth-order valence-electron chi connectivity index (χ4n) is 6.90. The molecule has 4 bridgehead atoms. The van der Waals surface area contributed by atoms with Gasteiger partial charge in [-0.15, -0.1) is 0 Å². The third kappa shape index (κ3) is 11.6. The monoisotopic (exact) mass is 802 g/mol. The molecule has 0 radical (unpaired) electrons. The fourth-order valence-corrected chi connectivity index (χ4v) is 6.90. The van der Waals surface area contributed by atoms with Crippen molar-refractivity contribution in [2.75, 3.05) is 26.3 Å². The van der Waals surface area contributed by atoms with Crippen LogP contribution in [0.5, 0.6) is 5.75 Å². The summed E-state index contributed by atoms with van der Waals surface area (Å²) in [4.78, 5) is 85.4. The Morgan fingerprint density at radius 1 is 0.690 bits per heavy atom. The van der Waals surface area contributed by atoms with Crippen LogP contribution in [-0.2, 0) is 42.2 Å². The minimum Gasteiger partial charge on any atom is -0.425 e. The Balaban J connectivity index is 0.000000201. The molecule has 4 atom stereocenters. The first-order valence-corrected chi connectivity index (χ1v) is 19.7. The summed E-state index contributed by atoms with van der Waals surface area (Å²) in [6, 6.07) is 24.0. The smallest absolute Gasteiger partial charge is 0.345 e. The van der Waals surface area contributed by atoms with E-state index in [9.17, 15) is 24.0 Å². The summed E-state index contributed by atoms with van der Waals surface area (Å²) in [6.07, 6.45) is 4.35. The summed E-state index contributed by atoms with van der Waals surface area (Å²) < 4.78 is 5.45. The number of hydrogen-bond donors (Lipinski definition) is 2. The molecular formula is C42H54N6O10. The summed E-state index contributed by atoms with van der Waals surface area (Å²) in [6.45, 7) is 8.17. The Morgan fingerprint density at radius 2 is 1.19 bits per heavy atom. The quantitative estimate of drug-likeness (QED) is 0.0667. The van der Waals surface area contributed by atoms with Gasteiger partial charge < -0.3 is 19.4 Å². The summed E-state index contributed by atoms with van der Waals surface area (Å²) in [5.74, 6) is 4.20. The van der Waals surface area contributed by atoms with Gasteiger partial charge in [0.2, 0.25) is 0 Å². The van der Waals surface area contributed by atoms with Crippen LogP contribution in [-0.4, -0.2) is 100 Å². The Kier molecular flexibility index (Phi) is 16.5. The number of nitrogens with two attached hydrogens (primary N) is 1. The molecule has 4 saturated heterocycles. The molecule has 3 N–H and O–H groups in total. The number of nitrogens with zero attached hydrogens (tertiary/aromatic N) is 4. The summed E-state index contributed by atoms with van der Waals surface area (Å²) >= 11 is 0. The van der Waals surface area contributed by atoms with Crippen LogP contribution < -0.4 is 16.1 Å². The van der Waals surface area contributed by atoms with Crippen molar-refractivity contribution < 1.29 is 48.1 Å². The van der Waals surface area contributed by atoms with Gasteiger partial charge in [-0.05, 0) is 80.8 Å². The number of benzene rings is 3. The van der Waals surface area contributed by atoms with Gasteiger partial charge in [0.1, 0.15) is 31.0 Å². The molecule has 7 rings (SSSR count). The number of hydroxylamine groups is 5. The van der Waals surface area contributed by atoms with Crippen molar-refractivity contribution in [1.29, 1.82) is 0 Å². The second kappa shape index (κ2) is 21.9. The average molecular weight is 803 g/mol. The summed E-state index contributed by atoms with van der Waals surface area (Å²) in [5, 5.41) is 2.81. The molecule has 0 aliphatic carbocycles. The summed E-state index contributed by atoms with van der Waals surface area (Å²) in [7, 11) is 0. The second-order valence-corrected chi connectivity index (χ2v) is 14.2. The summed E-state index contributed by atoms with van der Waals surface area (Å²) in [5.41, 5.74) is 4.96. The SMILES string of the molecule is CC(=O)c1ccc(OC(=O)[C@@H]2CC[C@@H]3CN2C(=O)N3OCc2ccccc2)cc1.CCCON.CCCONC(=O)[C@@H]1CC[C@@H]2CN1C(=O)N2OCc1ccccc1. The highest BCUT2D eigenvalue weighted by Gasteiger charge is 2.49. The number of ether oxygens (including phenoxy) is 1. The number of esters is 1. The lowest BCUT2D eigenvalue weighted by molar-refractivity contribution is -0.141. The molecule has 0 aromatic heterocycles. The van der Waals surface area contributed by atoms with Crippen molar-refractivity contribution in [1.82, 2.24) is 25.4 Å². The molecule has 0 spiro atoms. The lowest BCUT2D eigenvalue weighted by Crippen LogP contribution is -2.49. The first-order valence-electron chi connectivity index (χ1n) is 19.7. The van der Waals surface area contributed by atoms with E-state index in [1.54, 1.807) is 29.2 Å². The van der Waals surface area contributed by atoms with Crippen LogP contribution in [0.25, 0.3) is 0 Å². The van der Waals surface area contributed by atoms with Crippen molar-refractivity contribution in [3.05, 3.63) is 102 Å². The number of piperidine rings is 2. The molecule has 4 fully saturated rings. The van der Waals surface area contributed by atoms with Gasteiger partial charge in [-0.25, -0.2) is 25.8 Å². The van der Waals surface area contributed by atoms with Crippen LogP contribution in [0.1, 0.15) is 80.8 Å². The second-order valence-electron chi connectivity index (χ2n) is 14.2. The van der Waals surface area contributed by atoms with E-state index >= 15 is 0 Å². The predicted octanol–water partition coefficient (Wildman–Crippen LogP) is 5.33. The molecule has 16 nitrogen and oxygen atoms in total. The van der Waals surface area contributed by atoms with Crippen molar-refractivity contribution >= 4 is 29.7 Å². The van der Waals surface area contributed by atoms with E-state index in [0.29, 0.717) is 70.1 Å². The van der Waals surface area contributed by atoms with E-state index in [4.69, 9.17) is 19.2 Å². The molecule has 0 saturated carbocycles. The molecule has 4 aliphatic rings. The molecular weight excluding hydrogens is 748 g/mol. The molecule has 4 heterocycles. The maximum Gasteiger partial charge on any atom is 0.345 e. The minimum absolute atomic E-state index is 0.00169. The predicted molar refractivity (Wildman–Crippen MR) is 211 cm³/mol. The van der Waals surface area contributed by atoms with E-state index in [-0.39, 0.29) is 35.8 Å². The zero-order valence-electron chi connectivity index (χ0n) is 33.3. The molecule has 5 amide bonds. The number of fused-ring (bicyclic) bond motifs is 4. The van der Waals surface area contributed by atoms with E-state index in [1.807, 2.05) is 74.5 Å². The highest BCUT2D eigenvalue weighted by Crippen LogP contribution is 2.32. The standard InChI is InChI=1S/C22H22N2O5.C17H23N3O4.C3H9NO/c1-15(25)17-7-10-19(11-8-17)29-21(26)20-12-9-18-13-23(20)22(27)24(18)28-14-16-5-3-2-4-6-16;1-2-10-23-18-16(21)15-9-8-14-11-19(15)17(22)20(14)24-12-13-6-4-3-5-7-13;1-2-3-5-4/h2-8,10-11,18,20H,9,12-14H2,1H3;3-7,14-15H,2,8-12H2,1H3,(H,18,21);2-4H2,1H3/t18-,20+;14-,15+;/m11./s1. The van der Waals surface area contributed by atoms with Gasteiger partial charge in [0.05, 0.1) is 25.3 Å². The van der Waals surface area contributed by atoms with E-state index < -0.39 is 18.1 Å². The number of urea groups is 2. The Hall–Kier alpha value is -5.39. The van der Waals surface area contributed by atoms with Gasteiger partial charge in [-0.1, -0.05) is 74.5 Å². The van der Waals surface area contributed by atoms with Gasteiger partial charge >= 0.3 is 18.0 Å². The largest absolute Gasteiger partial charge is 0.425 e. The van der Waals surface area contributed by atoms with Crippen LogP contribution in [0, 0.1) is 0 Å².